The summed E-state index contributed by atoms with van der Waals surface area (Å²) in [5, 5.41) is 3.86. The average Bonchev–Trinajstić information content (AvgIpc) is 2.91. The number of hydrogen-bond acceptors (Lipinski definition) is 2. The zero-order valence-corrected chi connectivity index (χ0v) is 12.0. The number of halogens is 1. The van der Waals surface area contributed by atoms with E-state index < -0.39 is 0 Å². The number of fused-ring (bicyclic) bond motifs is 1. The van der Waals surface area contributed by atoms with E-state index in [0.29, 0.717) is 5.02 Å². The molecule has 20 heavy (non-hydrogen) atoms. The second-order valence-electron chi connectivity index (χ2n) is 4.73. The highest BCUT2D eigenvalue weighted by molar-refractivity contribution is 6.35. The number of imidazole rings is 1. The molecule has 0 spiro atoms. The molecule has 3 nitrogen and oxygen atoms in total. The van der Waals surface area contributed by atoms with Crippen LogP contribution in [0.1, 0.15) is 5.56 Å². The van der Waals surface area contributed by atoms with Crippen LogP contribution in [0, 0.1) is 0 Å². The summed E-state index contributed by atoms with van der Waals surface area (Å²) >= 11 is 6.19. The third-order valence-electron chi connectivity index (χ3n) is 3.38. The number of hydrogen-bond donors (Lipinski definition) is 2. The van der Waals surface area contributed by atoms with E-state index in [0.717, 1.165) is 35.4 Å². The molecule has 3 aromatic rings. The Morgan fingerprint density at radius 3 is 2.80 bits per heavy atom. The second-order valence-corrected chi connectivity index (χ2v) is 5.14. The number of aromatic nitrogens is 2. The first-order chi connectivity index (χ1) is 9.79. The molecule has 0 atom stereocenters. The van der Waals surface area contributed by atoms with Crippen molar-refractivity contribution in [3.05, 3.63) is 53.1 Å². The van der Waals surface area contributed by atoms with Crippen LogP contribution in [0.2, 0.25) is 5.02 Å². The minimum Gasteiger partial charge on any atom is -0.338 e. The molecule has 0 saturated carbocycles. The third kappa shape index (κ3) is 2.42. The maximum absolute atomic E-state index is 6.19. The van der Waals surface area contributed by atoms with Gasteiger partial charge >= 0.3 is 0 Å². The normalized spacial score (nSPS) is 11.1. The summed E-state index contributed by atoms with van der Waals surface area (Å²) in [4.78, 5) is 8.00. The highest BCUT2D eigenvalue weighted by Gasteiger charge is 2.10. The van der Waals surface area contributed by atoms with Crippen molar-refractivity contribution >= 4 is 22.6 Å². The van der Waals surface area contributed by atoms with Crippen LogP contribution in [0.15, 0.2) is 42.5 Å². The standard InChI is InChI=1S/C16H16ClN3/c1-18-10-9-11-5-2-3-6-12(11)16-19-14-8-4-7-13(17)15(14)20-16/h2-8,18H,9-10H2,1H3,(H,19,20). The van der Waals surface area contributed by atoms with Gasteiger partial charge in [0.25, 0.3) is 0 Å². The summed E-state index contributed by atoms with van der Waals surface area (Å²) in [5.41, 5.74) is 4.20. The van der Waals surface area contributed by atoms with Crippen molar-refractivity contribution in [2.45, 2.75) is 6.42 Å². The van der Waals surface area contributed by atoms with Crippen molar-refractivity contribution < 1.29 is 0 Å². The summed E-state index contributed by atoms with van der Waals surface area (Å²) < 4.78 is 0. The molecular formula is C16H16ClN3. The summed E-state index contributed by atoms with van der Waals surface area (Å²) in [5.74, 6) is 0.875. The number of nitrogens with zero attached hydrogens (tertiary/aromatic N) is 1. The maximum atomic E-state index is 6.19. The number of nitrogens with one attached hydrogen (secondary N) is 2. The summed E-state index contributed by atoms with van der Waals surface area (Å²) in [6.07, 6.45) is 0.970. The van der Waals surface area contributed by atoms with Gasteiger partial charge in [0.1, 0.15) is 11.3 Å². The smallest absolute Gasteiger partial charge is 0.138 e. The number of H-pyrrole nitrogens is 1. The molecule has 2 N–H and O–H groups in total. The first kappa shape index (κ1) is 13.2. The van der Waals surface area contributed by atoms with E-state index >= 15 is 0 Å². The Morgan fingerprint density at radius 2 is 2.00 bits per heavy atom. The van der Waals surface area contributed by atoms with Gasteiger partial charge in [0, 0.05) is 5.56 Å². The fourth-order valence-electron chi connectivity index (χ4n) is 2.35. The summed E-state index contributed by atoms with van der Waals surface area (Å²) in [6.45, 7) is 0.942. The lowest BCUT2D eigenvalue weighted by atomic mass is 10.0. The van der Waals surface area contributed by atoms with Crippen molar-refractivity contribution in [2.24, 2.45) is 0 Å². The van der Waals surface area contributed by atoms with Gasteiger partial charge < -0.3 is 10.3 Å². The molecule has 0 fully saturated rings. The van der Waals surface area contributed by atoms with Gasteiger partial charge in [-0.1, -0.05) is 41.9 Å². The molecule has 0 bridgehead atoms. The first-order valence-corrected chi connectivity index (χ1v) is 7.04. The Hall–Kier alpha value is -1.84. The van der Waals surface area contributed by atoms with E-state index in [1.165, 1.54) is 5.56 Å². The Bertz CT molecular complexity index is 733. The second kappa shape index (κ2) is 5.65. The zero-order chi connectivity index (χ0) is 13.9. The van der Waals surface area contributed by atoms with Gasteiger partial charge in [-0.05, 0) is 37.7 Å². The van der Waals surface area contributed by atoms with Crippen LogP contribution < -0.4 is 5.32 Å². The van der Waals surface area contributed by atoms with Crippen LogP contribution in [0.5, 0.6) is 0 Å². The molecule has 1 heterocycles. The summed E-state index contributed by atoms with van der Waals surface area (Å²) in [6, 6.07) is 14.1. The lowest BCUT2D eigenvalue weighted by Gasteiger charge is -2.06. The molecule has 0 aliphatic rings. The average molecular weight is 286 g/mol. The van der Waals surface area contributed by atoms with Gasteiger partial charge in [-0.2, -0.15) is 0 Å². The van der Waals surface area contributed by atoms with Crippen molar-refractivity contribution in [3.8, 4) is 11.4 Å². The Morgan fingerprint density at radius 1 is 1.15 bits per heavy atom. The molecule has 0 aliphatic heterocycles. The fourth-order valence-corrected chi connectivity index (χ4v) is 2.57. The zero-order valence-electron chi connectivity index (χ0n) is 11.3. The number of rotatable bonds is 4. The van der Waals surface area contributed by atoms with Crippen LogP contribution >= 0.6 is 11.6 Å². The minimum absolute atomic E-state index is 0.678. The van der Waals surface area contributed by atoms with Crippen molar-refractivity contribution in [1.82, 2.24) is 15.3 Å². The number of para-hydroxylation sites is 1. The molecule has 1 aromatic heterocycles. The maximum Gasteiger partial charge on any atom is 0.138 e. The van der Waals surface area contributed by atoms with Crippen molar-refractivity contribution in [2.75, 3.05) is 13.6 Å². The predicted molar refractivity (Wildman–Crippen MR) is 84.2 cm³/mol. The Balaban J connectivity index is 2.08. The monoisotopic (exact) mass is 285 g/mol. The summed E-state index contributed by atoms with van der Waals surface area (Å²) in [7, 11) is 1.96. The fraction of sp³-hybridized carbons (Fsp3) is 0.188. The van der Waals surface area contributed by atoms with Gasteiger partial charge in [0.05, 0.1) is 10.5 Å². The van der Waals surface area contributed by atoms with Crippen molar-refractivity contribution in [3.63, 3.8) is 0 Å². The Kier molecular flexibility index (Phi) is 3.72. The molecule has 0 unspecified atom stereocenters. The lowest BCUT2D eigenvalue weighted by Crippen LogP contribution is -2.10. The molecule has 2 aromatic carbocycles. The van der Waals surface area contributed by atoms with E-state index in [1.54, 1.807) is 0 Å². The van der Waals surface area contributed by atoms with Crippen LogP contribution in [0.4, 0.5) is 0 Å². The molecular weight excluding hydrogens is 270 g/mol. The quantitative estimate of drug-likeness (QED) is 0.768. The highest BCUT2D eigenvalue weighted by atomic mass is 35.5. The van der Waals surface area contributed by atoms with E-state index in [4.69, 9.17) is 11.6 Å². The van der Waals surface area contributed by atoms with E-state index in [9.17, 15) is 0 Å². The predicted octanol–water partition coefficient (Wildman–Crippen LogP) is 3.65. The largest absolute Gasteiger partial charge is 0.338 e. The molecule has 0 radical (unpaired) electrons. The Labute approximate surface area is 123 Å². The molecule has 102 valence electrons. The van der Waals surface area contributed by atoms with Gasteiger partial charge in [-0.15, -0.1) is 0 Å². The first-order valence-electron chi connectivity index (χ1n) is 6.66. The van der Waals surface area contributed by atoms with E-state index in [2.05, 4.69) is 33.5 Å². The van der Waals surface area contributed by atoms with Crippen molar-refractivity contribution in [1.29, 1.82) is 0 Å². The van der Waals surface area contributed by atoms with Crippen LogP contribution in [-0.4, -0.2) is 23.6 Å². The van der Waals surface area contributed by atoms with Gasteiger partial charge in [0.2, 0.25) is 0 Å². The van der Waals surface area contributed by atoms with E-state index in [1.807, 2.05) is 31.3 Å². The van der Waals surface area contributed by atoms with Gasteiger partial charge in [0.15, 0.2) is 0 Å². The SMILES string of the molecule is CNCCc1ccccc1-c1nc2c(Cl)cccc2[nH]1. The van der Waals surface area contributed by atoms with Crippen LogP contribution in [0.3, 0.4) is 0 Å². The molecule has 0 aliphatic carbocycles. The number of benzene rings is 2. The number of aromatic amines is 1. The number of likely N-dealkylation sites (N-methyl/N-ethyl adjacent to an activating group) is 1. The third-order valence-corrected chi connectivity index (χ3v) is 3.69. The highest BCUT2D eigenvalue weighted by Crippen LogP contribution is 2.27. The lowest BCUT2D eigenvalue weighted by molar-refractivity contribution is 0.792. The molecule has 0 amide bonds. The van der Waals surface area contributed by atoms with E-state index in [-0.39, 0.29) is 0 Å². The molecule has 4 heteroatoms. The van der Waals surface area contributed by atoms with Crippen LogP contribution in [-0.2, 0) is 6.42 Å². The topological polar surface area (TPSA) is 40.7 Å². The molecule has 3 rings (SSSR count). The molecule has 0 saturated heterocycles. The van der Waals surface area contributed by atoms with Crippen LogP contribution in [0.25, 0.3) is 22.4 Å². The van der Waals surface area contributed by atoms with Gasteiger partial charge in [-0.25, -0.2) is 4.98 Å². The minimum atomic E-state index is 0.678. The van der Waals surface area contributed by atoms with Gasteiger partial charge in [-0.3, -0.25) is 0 Å².